The average molecular weight is 271 g/mol. The van der Waals surface area contributed by atoms with E-state index in [0.29, 0.717) is 12.0 Å². The smallest absolute Gasteiger partial charge is 0.138 e. The molecule has 0 bridgehead atoms. The number of hydrogen-bond donors (Lipinski definition) is 0. The van der Waals surface area contributed by atoms with Gasteiger partial charge in [0.1, 0.15) is 22.3 Å². The second-order valence-electron chi connectivity index (χ2n) is 4.96. The van der Waals surface area contributed by atoms with Crippen LogP contribution in [-0.2, 0) is 10.6 Å². The summed E-state index contributed by atoms with van der Waals surface area (Å²) in [6.07, 6.45) is 0.673. The zero-order valence-electron chi connectivity index (χ0n) is 10.6. The maximum atomic E-state index is 13.8. The summed E-state index contributed by atoms with van der Waals surface area (Å²) in [5, 5.41) is 4.70. The van der Waals surface area contributed by atoms with E-state index < -0.39 is 11.6 Å². The van der Waals surface area contributed by atoms with Crippen LogP contribution in [0, 0.1) is 18.6 Å². The fourth-order valence-corrected chi connectivity index (χ4v) is 2.80. The summed E-state index contributed by atoms with van der Waals surface area (Å²) in [4.78, 5) is 5.21. The van der Waals surface area contributed by atoms with Crippen molar-refractivity contribution in [3.8, 4) is 0 Å². The van der Waals surface area contributed by atoms with Crippen molar-refractivity contribution in [1.29, 1.82) is 0 Å². The molecule has 18 heavy (non-hydrogen) atoms. The highest BCUT2D eigenvalue weighted by Crippen LogP contribution is 2.30. The van der Waals surface area contributed by atoms with Gasteiger partial charge in [0.05, 0.1) is 0 Å². The Morgan fingerprint density at radius 2 is 2.11 bits per heavy atom. The van der Waals surface area contributed by atoms with Gasteiger partial charge in [-0.1, -0.05) is 11.2 Å². The summed E-state index contributed by atoms with van der Waals surface area (Å²) in [7, 11) is 0. The van der Waals surface area contributed by atoms with Crippen LogP contribution in [0.4, 0.5) is 8.78 Å². The van der Waals surface area contributed by atoms with Crippen LogP contribution >= 0.6 is 11.8 Å². The molecule has 0 saturated carbocycles. The van der Waals surface area contributed by atoms with Crippen molar-refractivity contribution in [1.82, 2.24) is 0 Å². The lowest BCUT2D eigenvalue weighted by molar-refractivity contribution is 0.0123. The van der Waals surface area contributed by atoms with Gasteiger partial charge in [-0.05, 0) is 32.4 Å². The Morgan fingerprint density at radius 3 is 2.72 bits per heavy atom. The van der Waals surface area contributed by atoms with Crippen molar-refractivity contribution in [2.75, 3.05) is 0 Å². The van der Waals surface area contributed by atoms with E-state index in [9.17, 15) is 8.78 Å². The number of hydrogen-bond acceptors (Lipinski definition) is 3. The minimum absolute atomic E-state index is 0.104. The van der Waals surface area contributed by atoms with E-state index in [1.54, 1.807) is 6.92 Å². The first-order valence-electron chi connectivity index (χ1n) is 5.70. The fraction of sp³-hybridized carbons (Fsp3) is 0.462. The molecule has 5 heteroatoms. The van der Waals surface area contributed by atoms with Crippen LogP contribution in [-0.4, -0.2) is 10.6 Å². The average Bonchev–Trinajstić information content (AvgIpc) is 2.64. The molecule has 0 fully saturated rings. The molecule has 2 nitrogen and oxygen atoms in total. The lowest BCUT2D eigenvalue weighted by atomic mass is 10.1. The summed E-state index contributed by atoms with van der Waals surface area (Å²) in [6, 6.07) is 2.74. The van der Waals surface area contributed by atoms with Crippen molar-refractivity contribution in [2.24, 2.45) is 5.16 Å². The number of aryl methyl sites for hydroxylation is 1. The molecule has 0 saturated heterocycles. The number of thioether (sulfide) groups is 1. The Kier molecular flexibility index (Phi) is 3.61. The van der Waals surface area contributed by atoms with Gasteiger partial charge in [-0.25, -0.2) is 8.78 Å². The molecule has 0 unspecified atom stereocenters. The second kappa shape index (κ2) is 4.88. The quantitative estimate of drug-likeness (QED) is 0.810. The molecule has 1 aliphatic heterocycles. The molecular weight excluding hydrogens is 256 g/mol. The van der Waals surface area contributed by atoms with Crippen LogP contribution in [0.1, 0.15) is 31.4 Å². The normalized spacial score (nSPS) is 17.5. The van der Waals surface area contributed by atoms with Gasteiger partial charge in [0, 0.05) is 17.7 Å². The molecule has 0 aromatic heterocycles. The number of nitrogens with zero attached hydrogens (tertiary/aromatic N) is 1. The maximum Gasteiger partial charge on any atom is 0.138 e. The van der Waals surface area contributed by atoms with Gasteiger partial charge in [0.2, 0.25) is 0 Å². The Labute approximate surface area is 109 Å². The number of benzene rings is 1. The maximum absolute atomic E-state index is 13.8. The summed E-state index contributed by atoms with van der Waals surface area (Å²) in [5.74, 6) is -0.747. The monoisotopic (exact) mass is 271 g/mol. The summed E-state index contributed by atoms with van der Waals surface area (Å²) in [5.41, 5.74) is 0.246. The summed E-state index contributed by atoms with van der Waals surface area (Å²) < 4.78 is 27.3. The van der Waals surface area contributed by atoms with Gasteiger partial charge in [0.25, 0.3) is 0 Å². The minimum atomic E-state index is -0.510. The highest BCUT2D eigenvalue weighted by atomic mass is 32.2. The van der Waals surface area contributed by atoms with Crippen LogP contribution in [0.25, 0.3) is 0 Å². The van der Waals surface area contributed by atoms with E-state index in [1.807, 2.05) is 13.8 Å². The van der Waals surface area contributed by atoms with Crippen molar-refractivity contribution in [3.63, 3.8) is 0 Å². The second-order valence-corrected chi connectivity index (χ2v) is 6.01. The molecule has 1 aromatic carbocycles. The van der Waals surface area contributed by atoms with Gasteiger partial charge in [-0.2, -0.15) is 0 Å². The Bertz CT molecular complexity index is 500. The Hall–Kier alpha value is -1.10. The fourth-order valence-electron chi connectivity index (χ4n) is 1.68. The highest BCUT2D eigenvalue weighted by Gasteiger charge is 2.29. The van der Waals surface area contributed by atoms with Crippen molar-refractivity contribution in [2.45, 2.75) is 38.5 Å². The van der Waals surface area contributed by atoms with Crippen molar-refractivity contribution < 1.29 is 13.6 Å². The predicted octanol–water partition coefficient (Wildman–Crippen LogP) is 4.02. The number of oxime groups is 1. The van der Waals surface area contributed by atoms with Crippen LogP contribution in [0.15, 0.2) is 17.3 Å². The van der Waals surface area contributed by atoms with Gasteiger partial charge in [-0.15, -0.1) is 11.8 Å². The zero-order chi connectivity index (χ0) is 13.3. The molecule has 0 radical (unpaired) electrons. The third-order valence-electron chi connectivity index (χ3n) is 2.73. The third-order valence-corrected chi connectivity index (χ3v) is 3.72. The van der Waals surface area contributed by atoms with E-state index in [2.05, 4.69) is 5.16 Å². The largest absolute Gasteiger partial charge is 0.389 e. The van der Waals surface area contributed by atoms with Crippen LogP contribution in [0.3, 0.4) is 0 Å². The van der Waals surface area contributed by atoms with E-state index in [1.165, 1.54) is 23.9 Å². The van der Waals surface area contributed by atoms with Gasteiger partial charge in [-0.3, -0.25) is 0 Å². The van der Waals surface area contributed by atoms with Crippen molar-refractivity contribution >= 4 is 16.8 Å². The Balaban J connectivity index is 2.06. The van der Waals surface area contributed by atoms with Crippen LogP contribution in [0.5, 0.6) is 0 Å². The number of halogens is 2. The standard InChI is InChI=1S/C13H15F2NOS/c1-8-4-5-10(14)9(12(8)15)7-18-11-6-13(2,3)17-16-11/h4-5H,6-7H2,1-3H3. The molecule has 0 spiro atoms. The predicted molar refractivity (Wildman–Crippen MR) is 69.6 cm³/mol. The molecule has 1 aliphatic rings. The Morgan fingerprint density at radius 1 is 1.39 bits per heavy atom. The third kappa shape index (κ3) is 2.83. The van der Waals surface area contributed by atoms with E-state index in [4.69, 9.17) is 4.84 Å². The van der Waals surface area contributed by atoms with Crippen LogP contribution < -0.4 is 0 Å². The molecule has 0 amide bonds. The van der Waals surface area contributed by atoms with Gasteiger partial charge < -0.3 is 4.84 Å². The lowest BCUT2D eigenvalue weighted by Crippen LogP contribution is -2.18. The SMILES string of the molecule is Cc1ccc(F)c(CSC2=NOC(C)(C)C2)c1F. The molecule has 1 heterocycles. The van der Waals surface area contributed by atoms with E-state index in [0.717, 1.165) is 5.04 Å². The zero-order valence-corrected chi connectivity index (χ0v) is 11.4. The molecule has 0 N–H and O–H groups in total. The first-order chi connectivity index (χ1) is 8.39. The summed E-state index contributed by atoms with van der Waals surface area (Å²) in [6.45, 7) is 5.48. The minimum Gasteiger partial charge on any atom is -0.389 e. The molecule has 1 aromatic rings. The topological polar surface area (TPSA) is 21.6 Å². The van der Waals surface area contributed by atoms with Crippen LogP contribution in [0.2, 0.25) is 0 Å². The molecular formula is C13H15F2NOS. The lowest BCUT2D eigenvalue weighted by Gasteiger charge is -2.13. The number of rotatable bonds is 2. The van der Waals surface area contributed by atoms with E-state index >= 15 is 0 Å². The molecule has 2 rings (SSSR count). The first kappa shape index (κ1) is 13.3. The molecule has 98 valence electrons. The molecule has 0 atom stereocenters. The van der Waals surface area contributed by atoms with E-state index in [-0.39, 0.29) is 16.9 Å². The van der Waals surface area contributed by atoms with Gasteiger partial charge >= 0.3 is 0 Å². The first-order valence-corrected chi connectivity index (χ1v) is 6.69. The van der Waals surface area contributed by atoms with Crippen molar-refractivity contribution in [3.05, 3.63) is 34.9 Å². The highest BCUT2D eigenvalue weighted by molar-refractivity contribution is 8.13. The summed E-state index contributed by atoms with van der Waals surface area (Å²) >= 11 is 1.32. The molecule has 0 aliphatic carbocycles. The van der Waals surface area contributed by atoms with Gasteiger partial charge in [0.15, 0.2) is 0 Å².